The topological polar surface area (TPSA) is 0 Å². The predicted octanol–water partition coefficient (Wildman–Crippen LogP) is 7.14. The van der Waals surface area contributed by atoms with Crippen molar-refractivity contribution in [2.24, 2.45) is 0 Å². The lowest BCUT2D eigenvalue weighted by Crippen LogP contribution is -1.80. The SMILES string of the molecule is Clc1ccc(-c2ccc3sc4ccccc4c3c2)c(Br)c1. The number of hydrogen-bond donors (Lipinski definition) is 0. The van der Waals surface area contributed by atoms with Gasteiger partial charge < -0.3 is 0 Å². The van der Waals surface area contributed by atoms with E-state index in [1.165, 1.54) is 25.7 Å². The molecule has 0 amide bonds. The van der Waals surface area contributed by atoms with Crippen molar-refractivity contribution in [3.8, 4) is 11.1 Å². The molecule has 0 saturated carbocycles. The van der Waals surface area contributed by atoms with Crippen LogP contribution in [0.1, 0.15) is 0 Å². The zero-order valence-corrected chi connectivity index (χ0v) is 14.1. The van der Waals surface area contributed by atoms with E-state index >= 15 is 0 Å². The van der Waals surface area contributed by atoms with E-state index in [0.717, 1.165) is 15.1 Å². The van der Waals surface area contributed by atoms with Crippen LogP contribution < -0.4 is 0 Å². The van der Waals surface area contributed by atoms with E-state index in [1.807, 2.05) is 23.5 Å². The average molecular weight is 374 g/mol. The van der Waals surface area contributed by atoms with Crippen molar-refractivity contribution in [1.82, 2.24) is 0 Å². The molecule has 0 saturated heterocycles. The van der Waals surface area contributed by atoms with Gasteiger partial charge in [-0.2, -0.15) is 0 Å². The lowest BCUT2D eigenvalue weighted by Gasteiger charge is -2.06. The summed E-state index contributed by atoms with van der Waals surface area (Å²) < 4.78 is 3.68. The molecule has 0 spiro atoms. The largest absolute Gasteiger partial charge is 0.135 e. The van der Waals surface area contributed by atoms with Gasteiger partial charge in [0.2, 0.25) is 0 Å². The Morgan fingerprint density at radius 1 is 0.810 bits per heavy atom. The zero-order chi connectivity index (χ0) is 14.4. The molecule has 0 fully saturated rings. The minimum atomic E-state index is 0.743. The van der Waals surface area contributed by atoms with E-state index in [-0.39, 0.29) is 0 Å². The van der Waals surface area contributed by atoms with Crippen LogP contribution in [-0.4, -0.2) is 0 Å². The van der Waals surface area contributed by atoms with Crippen molar-refractivity contribution in [2.45, 2.75) is 0 Å². The first-order valence-corrected chi connectivity index (χ1v) is 8.58. The van der Waals surface area contributed by atoms with Gasteiger partial charge in [-0.05, 0) is 41.5 Å². The second-order valence-corrected chi connectivity index (χ2v) is 7.31. The van der Waals surface area contributed by atoms with E-state index in [2.05, 4.69) is 64.5 Å². The molecular formula is C18H10BrClS. The Labute approximate surface area is 140 Å². The quantitative estimate of drug-likeness (QED) is 0.332. The fourth-order valence-electron chi connectivity index (χ4n) is 2.62. The lowest BCUT2D eigenvalue weighted by atomic mass is 10.0. The molecule has 0 unspecified atom stereocenters. The molecule has 0 bridgehead atoms. The minimum absolute atomic E-state index is 0.743. The Bertz CT molecular complexity index is 971. The molecule has 1 aromatic heterocycles. The molecular weight excluding hydrogens is 364 g/mol. The standard InChI is InChI=1S/C18H10BrClS/c19-16-10-12(20)6-7-13(16)11-5-8-18-15(9-11)14-3-1-2-4-17(14)21-18/h1-10H. The molecule has 0 N–H and O–H groups in total. The van der Waals surface area contributed by atoms with Crippen molar-refractivity contribution in [1.29, 1.82) is 0 Å². The monoisotopic (exact) mass is 372 g/mol. The molecule has 0 atom stereocenters. The molecule has 0 aliphatic carbocycles. The van der Waals surface area contributed by atoms with Crippen molar-refractivity contribution >= 4 is 59.0 Å². The summed E-state index contributed by atoms with van der Waals surface area (Å²) in [6, 6.07) is 21.1. The van der Waals surface area contributed by atoms with E-state index in [1.54, 1.807) is 0 Å². The summed E-state index contributed by atoms with van der Waals surface area (Å²) in [4.78, 5) is 0. The number of fused-ring (bicyclic) bond motifs is 3. The third kappa shape index (κ3) is 2.28. The lowest BCUT2D eigenvalue weighted by molar-refractivity contribution is 1.61. The Hall–Kier alpha value is -1.35. The smallest absolute Gasteiger partial charge is 0.0417 e. The van der Waals surface area contributed by atoms with Gasteiger partial charge in [-0.1, -0.05) is 57.9 Å². The molecule has 3 heteroatoms. The summed E-state index contributed by atoms with van der Waals surface area (Å²) in [7, 11) is 0. The average Bonchev–Trinajstić information content (AvgIpc) is 2.85. The summed E-state index contributed by atoms with van der Waals surface area (Å²) in [5.74, 6) is 0. The zero-order valence-electron chi connectivity index (χ0n) is 10.9. The number of halogens is 2. The highest BCUT2D eigenvalue weighted by atomic mass is 79.9. The minimum Gasteiger partial charge on any atom is -0.135 e. The first-order chi connectivity index (χ1) is 10.2. The van der Waals surface area contributed by atoms with Gasteiger partial charge in [0.05, 0.1) is 0 Å². The molecule has 0 radical (unpaired) electrons. The van der Waals surface area contributed by atoms with Crippen molar-refractivity contribution in [2.75, 3.05) is 0 Å². The third-order valence-corrected chi connectivity index (χ3v) is 5.66. The summed E-state index contributed by atoms with van der Waals surface area (Å²) >= 11 is 11.5. The maximum Gasteiger partial charge on any atom is 0.0417 e. The molecule has 0 aliphatic heterocycles. The normalized spacial score (nSPS) is 11.3. The van der Waals surface area contributed by atoms with Gasteiger partial charge >= 0.3 is 0 Å². The van der Waals surface area contributed by atoms with Gasteiger partial charge in [-0.25, -0.2) is 0 Å². The summed E-state index contributed by atoms with van der Waals surface area (Å²) in [6.45, 7) is 0. The van der Waals surface area contributed by atoms with Gasteiger partial charge in [0, 0.05) is 29.7 Å². The van der Waals surface area contributed by atoms with Crippen LogP contribution in [-0.2, 0) is 0 Å². The van der Waals surface area contributed by atoms with Crippen LogP contribution >= 0.6 is 38.9 Å². The van der Waals surface area contributed by atoms with Gasteiger partial charge in [-0.15, -0.1) is 11.3 Å². The van der Waals surface area contributed by atoms with Gasteiger partial charge in [0.15, 0.2) is 0 Å². The number of rotatable bonds is 1. The number of benzene rings is 3. The molecule has 0 aliphatic rings. The van der Waals surface area contributed by atoms with Crippen LogP contribution in [0, 0.1) is 0 Å². The highest BCUT2D eigenvalue weighted by Gasteiger charge is 2.08. The molecule has 4 rings (SSSR count). The van der Waals surface area contributed by atoms with Crippen molar-refractivity contribution in [3.05, 3.63) is 70.2 Å². The van der Waals surface area contributed by atoms with Crippen LogP contribution in [0.25, 0.3) is 31.3 Å². The Morgan fingerprint density at radius 2 is 1.62 bits per heavy atom. The van der Waals surface area contributed by atoms with Crippen molar-refractivity contribution < 1.29 is 0 Å². The first kappa shape index (κ1) is 13.3. The van der Waals surface area contributed by atoms with Gasteiger partial charge in [0.1, 0.15) is 0 Å². The molecule has 21 heavy (non-hydrogen) atoms. The maximum atomic E-state index is 6.03. The highest BCUT2D eigenvalue weighted by Crippen LogP contribution is 2.38. The highest BCUT2D eigenvalue weighted by molar-refractivity contribution is 9.10. The molecule has 4 aromatic rings. The third-order valence-electron chi connectivity index (χ3n) is 3.62. The maximum absolute atomic E-state index is 6.03. The van der Waals surface area contributed by atoms with E-state index in [0.29, 0.717) is 0 Å². The molecule has 0 nitrogen and oxygen atoms in total. The van der Waals surface area contributed by atoms with Gasteiger partial charge in [-0.3, -0.25) is 0 Å². The fourth-order valence-corrected chi connectivity index (χ4v) is 4.62. The van der Waals surface area contributed by atoms with E-state index in [9.17, 15) is 0 Å². The van der Waals surface area contributed by atoms with Crippen LogP contribution in [0.4, 0.5) is 0 Å². The second kappa shape index (κ2) is 5.13. The Kier molecular flexibility index (Phi) is 3.26. The van der Waals surface area contributed by atoms with Crippen LogP contribution in [0.3, 0.4) is 0 Å². The summed E-state index contributed by atoms with van der Waals surface area (Å²) in [6.07, 6.45) is 0. The molecule has 3 aromatic carbocycles. The van der Waals surface area contributed by atoms with E-state index in [4.69, 9.17) is 11.6 Å². The molecule has 102 valence electrons. The predicted molar refractivity (Wildman–Crippen MR) is 97.5 cm³/mol. The van der Waals surface area contributed by atoms with Gasteiger partial charge in [0.25, 0.3) is 0 Å². The summed E-state index contributed by atoms with van der Waals surface area (Å²) in [5.41, 5.74) is 2.37. The fraction of sp³-hybridized carbons (Fsp3) is 0. The van der Waals surface area contributed by atoms with Crippen LogP contribution in [0.2, 0.25) is 5.02 Å². The number of hydrogen-bond acceptors (Lipinski definition) is 1. The second-order valence-electron chi connectivity index (χ2n) is 4.93. The first-order valence-electron chi connectivity index (χ1n) is 6.59. The Balaban J connectivity index is 1.99. The van der Waals surface area contributed by atoms with Crippen LogP contribution in [0.15, 0.2) is 65.1 Å². The van der Waals surface area contributed by atoms with Crippen LogP contribution in [0.5, 0.6) is 0 Å². The molecule has 1 heterocycles. The summed E-state index contributed by atoms with van der Waals surface area (Å²) in [5, 5.41) is 3.38. The Morgan fingerprint density at radius 3 is 2.48 bits per heavy atom. The van der Waals surface area contributed by atoms with Crippen molar-refractivity contribution in [3.63, 3.8) is 0 Å². The number of thiophene rings is 1. The van der Waals surface area contributed by atoms with E-state index < -0.39 is 0 Å².